The Hall–Kier alpha value is -4.31. The van der Waals surface area contributed by atoms with E-state index in [0.29, 0.717) is 22.2 Å². The van der Waals surface area contributed by atoms with Crippen LogP contribution < -0.4 is 5.32 Å². The van der Waals surface area contributed by atoms with E-state index in [1.807, 2.05) is 47.9 Å². The summed E-state index contributed by atoms with van der Waals surface area (Å²) in [4.78, 5) is 42.2. The molecule has 0 atom stereocenters. The lowest BCUT2D eigenvalue weighted by molar-refractivity contribution is -0.113. The molecule has 0 fully saturated rings. The van der Waals surface area contributed by atoms with Crippen molar-refractivity contribution in [1.82, 2.24) is 24.6 Å². The highest BCUT2D eigenvalue weighted by Crippen LogP contribution is 2.30. The molecule has 4 aromatic rings. The van der Waals surface area contributed by atoms with Gasteiger partial charge in [-0.1, -0.05) is 30.0 Å². The van der Waals surface area contributed by atoms with Crippen molar-refractivity contribution in [1.29, 1.82) is 0 Å². The minimum absolute atomic E-state index is 0.0736. The summed E-state index contributed by atoms with van der Waals surface area (Å²) >= 11 is 1.25. The van der Waals surface area contributed by atoms with Gasteiger partial charge in [0.25, 0.3) is 11.8 Å². The molecule has 2 aromatic heterocycles. The first kappa shape index (κ1) is 22.5. The first-order chi connectivity index (χ1) is 16.9. The first-order valence-electron chi connectivity index (χ1n) is 10.7. The van der Waals surface area contributed by atoms with Gasteiger partial charge in [-0.2, -0.15) is 0 Å². The molecule has 3 heterocycles. The van der Waals surface area contributed by atoms with E-state index in [2.05, 4.69) is 20.5 Å². The molecule has 1 N–H and O–H groups in total. The SMILES string of the molecule is Cc1ccccc1-n1c(SCC(=O)Nc2ccc3c(c2)C(=O)N(C)C3=O)nnc1-c1ccncc1. The van der Waals surface area contributed by atoms with E-state index in [1.54, 1.807) is 24.5 Å². The van der Waals surface area contributed by atoms with Crippen LogP contribution in [0.2, 0.25) is 0 Å². The van der Waals surface area contributed by atoms with Crippen molar-refractivity contribution in [3.05, 3.63) is 83.7 Å². The number of amides is 3. The predicted molar refractivity (Wildman–Crippen MR) is 132 cm³/mol. The summed E-state index contributed by atoms with van der Waals surface area (Å²) in [6.45, 7) is 2.00. The molecule has 0 saturated heterocycles. The zero-order chi connectivity index (χ0) is 24.5. The van der Waals surface area contributed by atoms with Crippen LogP contribution >= 0.6 is 11.8 Å². The van der Waals surface area contributed by atoms with E-state index in [1.165, 1.54) is 24.9 Å². The number of hydrogen-bond acceptors (Lipinski definition) is 7. The van der Waals surface area contributed by atoms with Crippen molar-refractivity contribution in [2.24, 2.45) is 0 Å². The van der Waals surface area contributed by atoms with Crippen molar-refractivity contribution in [3.63, 3.8) is 0 Å². The summed E-state index contributed by atoms with van der Waals surface area (Å²) in [5.74, 6) is -0.283. The molecule has 5 rings (SSSR count). The third kappa shape index (κ3) is 4.19. The number of rotatable bonds is 6. The number of aryl methyl sites for hydroxylation is 1. The van der Waals surface area contributed by atoms with Gasteiger partial charge < -0.3 is 5.32 Å². The van der Waals surface area contributed by atoms with Gasteiger partial charge in [-0.15, -0.1) is 10.2 Å². The predicted octanol–water partition coefficient (Wildman–Crippen LogP) is 3.59. The molecule has 174 valence electrons. The quantitative estimate of drug-likeness (QED) is 0.329. The number of nitrogens with zero attached hydrogens (tertiary/aromatic N) is 5. The second kappa shape index (κ2) is 9.15. The van der Waals surface area contributed by atoms with Crippen molar-refractivity contribution in [3.8, 4) is 17.1 Å². The van der Waals surface area contributed by atoms with Gasteiger partial charge in [0.2, 0.25) is 5.91 Å². The van der Waals surface area contributed by atoms with Crippen molar-refractivity contribution in [2.45, 2.75) is 12.1 Å². The molecule has 0 saturated carbocycles. The summed E-state index contributed by atoms with van der Waals surface area (Å²) in [7, 11) is 1.43. The maximum absolute atomic E-state index is 12.7. The lowest BCUT2D eigenvalue weighted by atomic mass is 10.1. The van der Waals surface area contributed by atoms with Crippen LogP contribution in [0, 0.1) is 6.92 Å². The maximum Gasteiger partial charge on any atom is 0.261 e. The third-order valence-corrected chi connectivity index (χ3v) is 6.56. The first-order valence-corrected chi connectivity index (χ1v) is 11.7. The van der Waals surface area contributed by atoms with E-state index in [-0.39, 0.29) is 29.0 Å². The molecule has 1 aliphatic heterocycles. The van der Waals surface area contributed by atoms with E-state index < -0.39 is 0 Å². The van der Waals surface area contributed by atoms with Crippen LogP contribution in [0.3, 0.4) is 0 Å². The summed E-state index contributed by atoms with van der Waals surface area (Å²) in [6, 6.07) is 16.3. The molecule has 10 heteroatoms. The molecule has 0 spiro atoms. The Balaban J connectivity index is 1.37. The van der Waals surface area contributed by atoms with E-state index in [9.17, 15) is 14.4 Å². The number of aromatic nitrogens is 4. The fourth-order valence-electron chi connectivity index (χ4n) is 3.85. The number of anilines is 1. The number of hydrogen-bond donors (Lipinski definition) is 1. The maximum atomic E-state index is 12.7. The number of para-hydroxylation sites is 1. The molecule has 9 nitrogen and oxygen atoms in total. The number of benzene rings is 2. The second-order valence-corrected chi connectivity index (χ2v) is 8.87. The lowest BCUT2D eigenvalue weighted by Crippen LogP contribution is -2.24. The van der Waals surface area contributed by atoms with Gasteiger partial charge in [0, 0.05) is 30.7 Å². The van der Waals surface area contributed by atoms with Gasteiger partial charge in [0.15, 0.2) is 11.0 Å². The average Bonchev–Trinajstić information content (AvgIpc) is 3.38. The molecular weight excluding hydrogens is 464 g/mol. The lowest BCUT2D eigenvalue weighted by Gasteiger charge is -2.13. The highest BCUT2D eigenvalue weighted by atomic mass is 32.2. The van der Waals surface area contributed by atoms with Crippen LogP contribution in [0.5, 0.6) is 0 Å². The Bertz CT molecular complexity index is 1470. The fourth-order valence-corrected chi connectivity index (χ4v) is 4.59. The highest BCUT2D eigenvalue weighted by molar-refractivity contribution is 7.99. The summed E-state index contributed by atoms with van der Waals surface area (Å²) in [6.07, 6.45) is 3.39. The van der Waals surface area contributed by atoms with Gasteiger partial charge >= 0.3 is 0 Å². The highest BCUT2D eigenvalue weighted by Gasteiger charge is 2.32. The Morgan fingerprint density at radius 2 is 1.71 bits per heavy atom. The number of carbonyl (C=O) groups excluding carboxylic acids is 3. The summed E-state index contributed by atoms with van der Waals surface area (Å²) < 4.78 is 1.93. The Labute approximate surface area is 205 Å². The Morgan fingerprint density at radius 3 is 2.49 bits per heavy atom. The average molecular weight is 485 g/mol. The molecule has 3 amide bonds. The largest absolute Gasteiger partial charge is 0.325 e. The van der Waals surface area contributed by atoms with Crippen LogP contribution in [0.1, 0.15) is 26.3 Å². The van der Waals surface area contributed by atoms with Crippen LogP contribution in [0.4, 0.5) is 5.69 Å². The molecule has 0 bridgehead atoms. The summed E-state index contributed by atoms with van der Waals surface area (Å²) in [5.41, 5.74) is 3.87. The van der Waals surface area contributed by atoms with E-state index in [4.69, 9.17) is 0 Å². The number of imide groups is 1. The standard InChI is InChI=1S/C25H20N6O3S/c1-15-5-3-4-6-20(15)31-22(16-9-11-26-12-10-16)28-29-25(31)35-14-21(32)27-17-7-8-18-19(13-17)24(34)30(2)23(18)33/h3-13H,14H2,1-2H3,(H,27,32). The normalized spacial score (nSPS) is 12.7. The zero-order valence-electron chi connectivity index (χ0n) is 18.9. The van der Waals surface area contributed by atoms with Gasteiger partial charge in [-0.3, -0.25) is 28.8 Å². The number of carbonyl (C=O) groups is 3. The monoisotopic (exact) mass is 484 g/mol. The van der Waals surface area contributed by atoms with Crippen LogP contribution in [0.25, 0.3) is 17.1 Å². The van der Waals surface area contributed by atoms with E-state index >= 15 is 0 Å². The van der Waals surface area contributed by atoms with Gasteiger partial charge in [-0.05, 0) is 48.9 Å². The molecule has 0 aliphatic carbocycles. The van der Waals surface area contributed by atoms with E-state index in [0.717, 1.165) is 21.7 Å². The zero-order valence-corrected chi connectivity index (χ0v) is 19.7. The van der Waals surface area contributed by atoms with Crippen LogP contribution in [-0.2, 0) is 4.79 Å². The van der Waals surface area contributed by atoms with Crippen LogP contribution in [-0.4, -0.2) is 55.2 Å². The Morgan fingerprint density at radius 1 is 0.971 bits per heavy atom. The van der Waals surface area contributed by atoms with Crippen molar-refractivity contribution in [2.75, 3.05) is 18.1 Å². The molecule has 2 aromatic carbocycles. The van der Waals surface area contributed by atoms with Crippen molar-refractivity contribution >= 4 is 35.2 Å². The third-order valence-electron chi connectivity index (χ3n) is 5.63. The summed E-state index contributed by atoms with van der Waals surface area (Å²) in [5, 5.41) is 12.1. The molecule has 0 radical (unpaired) electrons. The van der Waals surface area contributed by atoms with Crippen LogP contribution in [0.15, 0.2) is 72.1 Å². The Kier molecular flexibility index (Phi) is 5.87. The minimum Gasteiger partial charge on any atom is -0.325 e. The van der Waals surface area contributed by atoms with Gasteiger partial charge in [-0.25, -0.2) is 0 Å². The number of pyridine rings is 1. The molecule has 0 unspecified atom stereocenters. The molecule has 35 heavy (non-hydrogen) atoms. The second-order valence-electron chi connectivity index (χ2n) is 7.93. The smallest absolute Gasteiger partial charge is 0.261 e. The van der Waals surface area contributed by atoms with Crippen molar-refractivity contribution < 1.29 is 14.4 Å². The van der Waals surface area contributed by atoms with Gasteiger partial charge in [0.1, 0.15) is 0 Å². The molecule has 1 aliphatic rings. The number of fused-ring (bicyclic) bond motifs is 1. The number of thioether (sulfide) groups is 1. The minimum atomic E-state index is -0.384. The van der Waals surface area contributed by atoms with Gasteiger partial charge in [0.05, 0.1) is 22.6 Å². The molecular formula is C25H20N6O3S. The topological polar surface area (TPSA) is 110 Å². The number of nitrogens with one attached hydrogen (secondary N) is 1. The fraction of sp³-hybridized carbons (Fsp3) is 0.120.